The number of aromatic nitrogens is 1. The van der Waals surface area contributed by atoms with E-state index in [9.17, 15) is 9.59 Å². The van der Waals surface area contributed by atoms with Crippen LogP contribution in [-0.2, 0) is 6.54 Å². The van der Waals surface area contributed by atoms with Gasteiger partial charge < -0.3 is 20.6 Å². The highest BCUT2D eigenvalue weighted by Gasteiger charge is 2.05. The Morgan fingerprint density at radius 3 is 2.74 bits per heavy atom. The molecule has 2 amide bonds. The van der Waals surface area contributed by atoms with Gasteiger partial charge in [0.05, 0.1) is 17.8 Å². The molecule has 0 aliphatic heterocycles. The molecule has 0 aliphatic carbocycles. The molecule has 7 heteroatoms. The van der Waals surface area contributed by atoms with Gasteiger partial charge in [0.2, 0.25) is 0 Å². The third kappa shape index (κ3) is 5.82. The van der Waals surface area contributed by atoms with Crippen molar-refractivity contribution >= 4 is 12.0 Å². The Balaban J connectivity index is 2.37. The highest BCUT2D eigenvalue weighted by Crippen LogP contribution is 2.01. The maximum atomic E-state index is 11.4. The minimum Gasteiger partial charge on any atom is -0.478 e. The lowest BCUT2D eigenvalue weighted by atomic mass is 10.2. The number of carboxylic acid groups (broad SMARTS) is 1. The average molecular weight is 266 g/mol. The van der Waals surface area contributed by atoms with Crippen LogP contribution in [0.3, 0.4) is 0 Å². The zero-order valence-electron chi connectivity index (χ0n) is 11.0. The van der Waals surface area contributed by atoms with Gasteiger partial charge in [-0.15, -0.1) is 0 Å². The first-order valence-corrected chi connectivity index (χ1v) is 5.83. The van der Waals surface area contributed by atoms with Gasteiger partial charge >= 0.3 is 12.0 Å². The Morgan fingerprint density at radius 2 is 2.11 bits per heavy atom. The smallest absolute Gasteiger partial charge is 0.335 e. The number of carboxylic acids is 1. The number of hydrogen-bond acceptors (Lipinski definition) is 4. The lowest BCUT2D eigenvalue weighted by molar-refractivity contribution is 0.0696. The molecule has 0 unspecified atom stereocenters. The van der Waals surface area contributed by atoms with E-state index in [2.05, 4.69) is 15.6 Å². The molecule has 1 rings (SSSR count). The predicted octanol–water partition coefficient (Wildman–Crippen LogP) is 0.141. The van der Waals surface area contributed by atoms with Crippen LogP contribution in [0.25, 0.3) is 0 Å². The van der Waals surface area contributed by atoms with E-state index in [4.69, 9.17) is 5.11 Å². The van der Waals surface area contributed by atoms with Crippen molar-refractivity contribution in [2.24, 2.45) is 0 Å². The number of urea groups is 1. The van der Waals surface area contributed by atoms with Crippen LogP contribution in [0.15, 0.2) is 18.3 Å². The van der Waals surface area contributed by atoms with Crippen molar-refractivity contribution in [2.45, 2.75) is 6.54 Å². The van der Waals surface area contributed by atoms with Gasteiger partial charge in [-0.1, -0.05) is 0 Å². The van der Waals surface area contributed by atoms with Crippen molar-refractivity contribution in [1.82, 2.24) is 20.5 Å². The Labute approximate surface area is 111 Å². The molecule has 0 fully saturated rings. The van der Waals surface area contributed by atoms with Gasteiger partial charge in [0.15, 0.2) is 0 Å². The van der Waals surface area contributed by atoms with Crippen LogP contribution in [0.1, 0.15) is 16.1 Å². The van der Waals surface area contributed by atoms with E-state index in [1.54, 1.807) is 0 Å². The Bertz CT molecular complexity index is 448. The maximum absolute atomic E-state index is 11.4. The quantitative estimate of drug-likeness (QED) is 0.681. The minimum atomic E-state index is -1.01. The van der Waals surface area contributed by atoms with E-state index < -0.39 is 5.97 Å². The fourth-order valence-electron chi connectivity index (χ4n) is 1.33. The second kappa shape index (κ2) is 7.32. The Kier molecular flexibility index (Phi) is 5.74. The highest BCUT2D eigenvalue weighted by atomic mass is 16.4. The van der Waals surface area contributed by atoms with Crippen molar-refractivity contribution in [3.63, 3.8) is 0 Å². The largest absolute Gasteiger partial charge is 0.478 e. The van der Waals surface area contributed by atoms with Crippen LogP contribution in [-0.4, -0.2) is 54.2 Å². The molecule has 3 N–H and O–H groups in total. The molecule has 104 valence electrons. The average Bonchev–Trinajstić information content (AvgIpc) is 2.36. The third-order valence-corrected chi connectivity index (χ3v) is 2.34. The molecule has 1 aromatic rings. The van der Waals surface area contributed by atoms with Crippen LogP contribution in [0.2, 0.25) is 0 Å². The number of aromatic carboxylic acids is 1. The number of likely N-dealkylation sites (N-methyl/N-ethyl adjacent to an activating group) is 1. The third-order valence-electron chi connectivity index (χ3n) is 2.34. The summed E-state index contributed by atoms with van der Waals surface area (Å²) < 4.78 is 0. The van der Waals surface area contributed by atoms with Gasteiger partial charge in [0.25, 0.3) is 0 Å². The minimum absolute atomic E-state index is 0.153. The molecule has 7 nitrogen and oxygen atoms in total. The first kappa shape index (κ1) is 14.9. The zero-order valence-corrected chi connectivity index (χ0v) is 11.0. The standard InChI is InChI=1S/C12H18N4O3/c1-16(2)6-5-14-12(19)15-8-10-7-9(11(17)18)3-4-13-10/h3-4,7H,5-6,8H2,1-2H3,(H,17,18)(H2,14,15,19). The lowest BCUT2D eigenvalue weighted by Gasteiger charge is -2.11. The van der Waals surface area contributed by atoms with Crippen LogP contribution < -0.4 is 10.6 Å². The first-order chi connectivity index (χ1) is 8.99. The molecule has 0 aliphatic rings. The molecular formula is C12H18N4O3. The number of hydrogen-bond donors (Lipinski definition) is 3. The monoisotopic (exact) mass is 266 g/mol. The van der Waals surface area contributed by atoms with Crippen LogP contribution in [0.4, 0.5) is 4.79 Å². The van der Waals surface area contributed by atoms with Crippen molar-refractivity contribution in [3.05, 3.63) is 29.6 Å². The molecule has 0 radical (unpaired) electrons. The summed E-state index contributed by atoms with van der Waals surface area (Å²) in [6.45, 7) is 1.48. The Morgan fingerprint density at radius 1 is 1.37 bits per heavy atom. The summed E-state index contributed by atoms with van der Waals surface area (Å²) in [5, 5.41) is 14.1. The SMILES string of the molecule is CN(C)CCNC(=O)NCc1cc(C(=O)O)ccn1. The van der Waals surface area contributed by atoms with Crippen molar-refractivity contribution in [3.8, 4) is 0 Å². The van der Waals surface area contributed by atoms with E-state index >= 15 is 0 Å². The molecule has 0 aromatic carbocycles. The van der Waals surface area contributed by atoms with E-state index in [0.29, 0.717) is 12.2 Å². The van der Waals surface area contributed by atoms with Crippen LogP contribution in [0, 0.1) is 0 Å². The molecule has 0 atom stereocenters. The van der Waals surface area contributed by atoms with Crippen LogP contribution >= 0.6 is 0 Å². The summed E-state index contributed by atoms with van der Waals surface area (Å²) in [4.78, 5) is 28.1. The lowest BCUT2D eigenvalue weighted by Crippen LogP contribution is -2.38. The zero-order chi connectivity index (χ0) is 14.3. The van der Waals surface area contributed by atoms with Gasteiger partial charge in [-0.3, -0.25) is 4.98 Å². The highest BCUT2D eigenvalue weighted by molar-refractivity contribution is 5.87. The summed E-state index contributed by atoms with van der Waals surface area (Å²) in [5.41, 5.74) is 0.655. The van der Waals surface area contributed by atoms with Crippen LogP contribution in [0.5, 0.6) is 0 Å². The number of carbonyl (C=O) groups is 2. The topological polar surface area (TPSA) is 94.6 Å². The van der Waals surface area contributed by atoms with Gasteiger partial charge in [-0.05, 0) is 26.2 Å². The number of carbonyl (C=O) groups excluding carboxylic acids is 1. The predicted molar refractivity (Wildman–Crippen MR) is 70.0 cm³/mol. The second-order valence-corrected chi connectivity index (χ2v) is 4.25. The summed E-state index contributed by atoms with van der Waals surface area (Å²) in [6, 6.07) is 2.54. The molecule has 0 saturated heterocycles. The number of amides is 2. The molecule has 0 bridgehead atoms. The van der Waals surface area contributed by atoms with E-state index in [-0.39, 0.29) is 18.1 Å². The van der Waals surface area contributed by atoms with Crippen molar-refractivity contribution < 1.29 is 14.7 Å². The summed E-state index contributed by atoms with van der Waals surface area (Å²) in [6.07, 6.45) is 1.41. The molecule has 0 spiro atoms. The fraction of sp³-hybridized carbons (Fsp3) is 0.417. The number of pyridine rings is 1. The summed E-state index contributed by atoms with van der Waals surface area (Å²) >= 11 is 0. The van der Waals surface area contributed by atoms with E-state index in [1.807, 2.05) is 19.0 Å². The molecule has 19 heavy (non-hydrogen) atoms. The van der Waals surface area contributed by atoms with E-state index in [0.717, 1.165) is 6.54 Å². The number of nitrogens with one attached hydrogen (secondary N) is 2. The number of rotatable bonds is 6. The van der Waals surface area contributed by atoms with Crippen molar-refractivity contribution in [1.29, 1.82) is 0 Å². The molecule has 0 saturated carbocycles. The Hall–Kier alpha value is -2.15. The summed E-state index contributed by atoms with van der Waals surface area (Å²) in [5.74, 6) is -1.01. The molecule has 1 aromatic heterocycles. The van der Waals surface area contributed by atoms with Gasteiger partial charge in [0.1, 0.15) is 0 Å². The first-order valence-electron chi connectivity index (χ1n) is 5.83. The fourth-order valence-corrected chi connectivity index (χ4v) is 1.33. The normalized spacial score (nSPS) is 10.3. The van der Waals surface area contributed by atoms with Gasteiger partial charge in [0, 0.05) is 19.3 Å². The van der Waals surface area contributed by atoms with Gasteiger partial charge in [-0.2, -0.15) is 0 Å². The molecule has 1 heterocycles. The van der Waals surface area contributed by atoms with E-state index in [1.165, 1.54) is 18.3 Å². The van der Waals surface area contributed by atoms with Gasteiger partial charge in [-0.25, -0.2) is 9.59 Å². The second-order valence-electron chi connectivity index (χ2n) is 4.25. The maximum Gasteiger partial charge on any atom is 0.335 e. The summed E-state index contributed by atoms with van der Waals surface area (Å²) in [7, 11) is 3.84. The van der Waals surface area contributed by atoms with Crippen molar-refractivity contribution in [2.75, 3.05) is 27.2 Å². The number of nitrogens with zero attached hydrogens (tertiary/aromatic N) is 2. The molecular weight excluding hydrogens is 248 g/mol.